The molecule has 4 nitrogen and oxygen atoms in total. The van der Waals surface area contributed by atoms with E-state index in [1.54, 1.807) is 11.0 Å². The first-order valence-corrected chi connectivity index (χ1v) is 6.34. The molecular weight excluding hydrogens is 228 g/mol. The van der Waals surface area contributed by atoms with Crippen molar-refractivity contribution in [3.8, 4) is 5.75 Å². The van der Waals surface area contributed by atoms with Gasteiger partial charge >= 0.3 is 0 Å². The number of nitrogens with two attached hydrogens (primary N) is 1. The van der Waals surface area contributed by atoms with Gasteiger partial charge in [0.05, 0.1) is 12.2 Å². The Morgan fingerprint density at radius 1 is 1.39 bits per heavy atom. The molecule has 0 aliphatic rings. The highest BCUT2D eigenvalue weighted by Crippen LogP contribution is 2.20. The average molecular weight is 250 g/mol. The van der Waals surface area contributed by atoms with Crippen LogP contribution in [0.3, 0.4) is 0 Å². The number of nitrogens with zero attached hydrogens (tertiary/aromatic N) is 1. The van der Waals surface area contributed by atoms with Crippen LogP contribution in [0.25, 0.3) is 0 Å². The molecule has 0 unspecified atom stereocenters. The molecule has 0 aromatic heterocycles. The molecule has 4 heteroatoms. The molecule has 0 radical (unpaired) electrons. The Balaban J connectivity index is 3.00. The summed E-state index contributed by atoms with van der Waals surface area (Å²) in [6, 6.07) is 7.44. The number of ether oxygens (including phenoxy) is 1. The molecule has 0 saturated carbocycles. The van der Waals surface area contributed by atoms with Crippen LogP contribution in [0.2, 0.25) is 0 Å². The average Bonchev–Trinajstić information content (AvgIpc) is 2.36. The molecular formula is C14H22N2O2. The molecule has 0 aliphatic heterocycles. The van der Waals surface area contributed by atoms with Crippen LogP contribution in [0.5, 0.6) is 5.75 Å². The zero-order valence-electron chi connectivity index (χ0n) is 11.3. The highest BCUT2D eigenvalue weighted by molar-refractivity contribution is 5.97. The van der Waals surface area contributed by atoms with Crippen molar-refractivity contribution in [2.45, 2.75) is 26.8 Å². The highest BCUT2D eigenvalue weighted by atomic mass is 16.5. The lowest BCUT2D eigenvalue weighted by atomic mass is 10.1. The normalized spacial score (nSPS) is 10.5. The zero-order valence-corrected chi connectivity index (χ0v) is 11.3. The Morgan fingerprint density at radius 3 is 2.61 bits per heavy atom. The molecule has 18 heavy (non-hydrogen) atoms. The van der Waals surface area contributed by atoms with E-state index in [1.807, 2.05) is 39.0 Å². The second-order valence-electron chi connectivity index (χ2n) is 4.31. The van der Waals surface area contributed by atoms with E-state index in [9.17, 15) is 4.79 Å². The summed E-state index contributed by atoms with van der Waals surface area (Å²) in [7, 11) is 0. The monoisotopic (exact) mass is 250 g/mol. The molecule has 0 fully saturated rings. The number of para-hydroxylation sites is 1. The van der Waals surface area contributed by atoms with Gasteiger partial charge in [-0.3, -0.25) is 4.79 Å². The number of hydrogen-bond acceptors (Lipinski definition) is 3. The van der Waals surface area contributed by atoms with Gasteiger partial charge in [-0.15, -0.1) is 0 Å². The van der Waals surface area contributed by atoms with Gasteiger partial charge in [0.1, 0.15) is 5.75 Å². The van der Waals surface area contributed by atoms with Gasteiger partial charge in [-0.1, -0.05) is 12.1 Å². The molecule has 0 saturated heterocycles. The van der Waals surface area contributed by atoms with E-state index < -0.39 is 0 Å². The third kappa shape index (κ3) is 3.47. The van der Waals surface area contributed by atoms with Gasteiger partial charge in [0.2, 0.25) is 0 Å². The minimum atomic E-state index is -0.0282. The van der Waals surface area contributed by atoms with Crippen LogP contribution in [-0.4, -0.2) is 36.5 Å². The summed E-state index contributed by atoms with van der Waals surface area (Å²) in [5.41, 5.74) is 6.15. The first-order valence-electron chi connectivity index (χ1n) is 6.34. The van der Waals surface area contributed by atoms with Crippen LogP contribution < -0.4 is 10.5 Å². The summed E-state index contributed by atoms with van der Waals surface area (Å²) in [6.07, 6.45) is 0. The lowest BCUT2D eigenvalue weighted by Gasteiger charge is -2.27. The van der Waals surface area contributed by atoms with Crippen molar-refractivity contribution in [2.24, 2.45) is 5.73 Å². The number of carbonyl (C=O) groups is 1. The molecule has 0 heterocycles. The van der Waals surface area contributed by atoms with Crippen LogP contribution in [0.4, 0.5) is 0 Å². The Kier molecular flexibility index (Phi) is 5.65. The SMILES string of the molecule is CCOc1ccccc1C(=O)N(CCN)C(C)C. The minimum absolute atomic E-state index is 0.0282. The summed E-state index contributed by atoms with van der Waals surface area (Å²) < 4.78 is 5.49. The van der Waals surface area contributed by atoms with Gasteiger partial charge < -0.3 is 15.4 Å². The van der Waals surface area contributed by atoms with Crippen LogP contribution in [-0.2, 0) is 0 Å². The summed E-state index contributed by atoms with van der Waals surface area (Å²) >= 11 is 0. The number of carbonyl (C=O) groups excluding carboxylic acids is 1. The van der Waals surface area contributed by atoms with E-state index in [4.69, 9.17) is 10.5 Å². The standard InChI is InChI=1S/C14H22N2O2/c1-4-18-13-8-6-5-7-12(13)14(17)16(10-9-15)11(2)3/h5-8,11H,4,9-10,15H2,1-3H3. The van der Waals surface area contributed by atoms with Crippen LogP contribution >= 0.6 is 0 Å². The molecule has 0 aliphatic carbocycles. The Labute approximate surface area is 109 Å². The molecule has 1 amide bonds. The summed E-state index contributed by atoms with van der Waals surface area (Å²) in [6.45, 7) is 7.43. The molecule has 2 N–H and O–H groups in total. The maximum Gasteiger partial charge on any atom is 0.257 e. The molecule has 100 valence electrons. The zero-order chi connectivity index (χ0) is 13.5. The fraction of sp³-hybridized carbons (Fsp3) is 0.500. The van der Waals surface area contributed by atoms with E-state index >= 15 is 0 Å². The smallest absolute Gasteiger partial charge is 0.257 e. The van der Waals surface area contributed by atoms with E-state index in [-0.39, 0.29) is 11.9 Å². The topological polar surface area (TPSA) is 55.6 Å². The van der Waals surface area contributed by atoms with E-state index in [0.29, 0.717) is 31.0 Å². The van der Waals surface area contributed by atoms with Crippen molar-refractivity contribution in [1.29, 1.82) is 0 Å². The fourth-order valence-electron chi connectivity index (χ4n) is 1.81. The minimum Gasteiger partial charge on any atom is -0.493 e. The molecule has 0 bridgehead atoms. The third-order valence-corrected chi connectivity index (χ3v) is 2.67. The lowest BCUT2D eigenvalue weighted by molar-refractivity contribution is 0.0707. The van der Waals surface area contributed by atoms with Crippen LogP contribution in [0.1, 0.15) is 31.1 Å². The quantitative estimate of drug-likeness (QED) is 0.839. The van der Waals surface area contributed by atoms with Crippen molar-refractivity contribution in [1.82, 2.24) is 4.90 Å². The Morgan fingerprint density at radius 2 is 2.06 bits per heavy atom. The molecule has 1 aromatic carbocycles. The highest BCUT2D eigenvalue weighted by Gasteiger charge is 2.20. The molecule has 0 atom stereocenters. The number of benzene rings is 1. The van der Waals surface area contributed by atoms with Crippen molar-refractivity contribution >= 4 is 5.91 Å². The molecule has 1 rings (SSSR count). The van der Waals surface area contributed by atoms with Crippen molar-refractivity contribution < 1.29 is 9.53 Å². The summed E-state index contributed by atoms with van der Waals surface area (Å²) in [5, 5.41) is 0. The first kappa shape index (κ1) is 14.5. The lowest BCUT2D eigenvalue weighted by Crippen LogP contribution is -2.40. The van der Waals surface area contributed by atoms with Gasteiger partial charge in [0, 0.05) is 19.1 Å². The van der Waals surface area contributed by atoms with Gasteiger partial charge in [0.15, 0.2) is 0 Å². The Hall–Kier alpha value is -1.55. The summed E-state index contributed by atoms with van der Waals surface area (Å²) in [5.74, 6) is 0.604. The first-order chi connectivity index (χ1) is 8.61. The van der Waals surface area contributed by atoms with Crippen molar-refractivity contribution in [3.63, 3.8) is 0 Å². The van der Waals surface area contributed by atoms with Gasteiger partial charge in [-0.05, 0) is 32.9 Å². The molecule has 0 spiro atoms. The predicted octanol–water partition coefficient (Wildman–Crippen LogP) is 1.89. The van der Waals surface area contributed by atoms with Crippen molar-refractivity contribution in [3.05, 3.63) is 29.8 Å². The van der Waals surface area contributed by atoms with E-state index in [2.05, 4.69) is 0 Å². The second-order valence-corrected chi connectivity index (χ2v) is 4.31. The molecule has 1 aromatic rings. The number of rotatable bonds is 6. The van der Waals surface area contributed by atoms with Crippen LogP contribution in [0.15, 0.2) is 24.3 Å². The number of hydrogen-bond donors (Lipinski definition) is 1. The van der Waals surface area contributed by atoms with Gasteiger partial charge in [-0.2, -0.15) is 0 Å². The Bertz CT molecular complexity index is 391. The van der Waals surface area contributed by atoms with Gasteiger partial charge in [-0.25, -0.2) is 0 Å². The number of amides is 1. The maximum atomic E-state index is 12.5. The largest absolute Gasteiger partial charge is 0.493 e. The van der Waals surface area contributed by atoms with E-state index in [1.165, 1.54) is 0 Å². The van der Waals surface area contributed by atoms with Crippen molar-refractivity contribution in [2.75, 3.05) is 19.7 Å². The second kappa shape index (κ2) is 7.01. The predicted molar refractivity (Wildman–Crippen MR) is 72.8 cm³/mol. The maximum absolute atomic E-state index is 12.5. The fourth-order valence-corrected chi connectivity index (χ4v) is 1.81. The van der Waals surface area contributed by atoms with Crippen LogP contribution in [0, 0.1) is 0 Å². The summed E-state index contributed by atoms with van der Waals surface area (Å²) in [4.78, 5) is 14.2. The van der Waals surface area contributed by atoms with Gasteiger partial charge in [0.25, 0.3) is 5.91 Å². The third-order valence-electron chi connectivity index (χ3n) is 2.67. The van der Waals surface area contributed by atoms with E-state index in [0.717, 1.165) is 0 Å².